The number of halogens is 2. The molecule has 1 N–H and O–H groups in total. The number of aromatic nitrogens is 4. The topological polar surface area (TPSA) is 103 Å². The number of imidazole rings is 1. The zero-order valence-corrected chi connectivity index (χ0v) is 21.6. The monoisotopic (exact) mass is 547 g/mol. The standard InChI is InChI=1S/C29H27F2N5O4/c30-21-3-1-20(23(31)14-21)17-40-29-32-9-5-24(34-29)18-6-10-35(11-7-18)16-27-33-25-4-2-19(28(37)38)13-26(25)36(27)15-22-8-12-39-22/h1-6,9,13-14,22H,7-8,10-12,15-17H2,(H,37,38)/t22-/m0/s1. The summed E-state index contributed by atoms with van der Waals surface area (Å²) in [5.41, 5.74) is 3.81. The Morgan fingerprint density at radius 2 is 2.02 bits per heavy atom. The summed E-state index contributed by atoms with van der Waals surface area (Å²) in [6.45, 7) is 3.33. The van der Waals surface area contributed by atoms with Crippen LogP contribution in [0.3, 0.4) is 0 Å². The van der Waals surface area contributed by atoms with Gasteiger partial charge in [0.15, 0.2) is 0 Å². The number of carbonyl (C=O) groups is 1. The Hall–Kier alpha value is -4.22. The average Bonchev–Trinajstić information content (AvgIpc) is 3.26. The molecule has 0 aliphatic carbocycles. The van der Waals surface area contributed by atoms with Gasteiger partial charge in [0.25, 0.3) is 0 Å². The molecule has 11 heteroatoms. The van der Waals surface area contributed by atoms with Crippen LogP contribution in [-0.4, -0.2) is 61.3 Å². The highest BCUT2D eigenvalue weighted by Crippen LogP contribution is 2.26. The Morgan fingerprint density at radius 1 is 1.15 bits per heavy atom. The number of benzene rings is 2. The third kappa shape index (κ3) is 5.56. The minimum Gasteiger partial charge on any atom is -0.478 e. The van der Waals surface area contributed by atoms with E-state index in [4.69, 9.17) is 14.5 Å². The lowest BCUT2D eigenvalue weighted by atomic mass is 10.0. The molecule has 6 rings (SSSR count). The molecule has 0 bridgehead atoms. The molecule has 0 radical (unpaired) electrons. The summed E-state index contributed by atoms with van der Waals surface area (Å²) in [7, 11) is 0. The molecule has 2 aromatic carbocycles. The van der Waals surface area contributed by atoms with Gasteiger partial charge in [-0.05, 0) is 54.8 Å². The van der Waals surface area contributed by atoms with Crippen molar-refractivity contribution in [3.8, 4) is 6.01 Å². The van der Waals surface area contributed by atoms with E-state index >= 15 is 0 Å². The van der Waals surface area contributed by atoms with Crippen LogP contribution in [0.1, 0.15) is 40.3 Å². The van der Waals surface area contributed by atoms with Crippen LogP contribution >= 0.6 is 0 Å². The first kappa shape index (κ1) is 26.0. The molecule has 0 amide bonds. The van der Waals surface area contributed by atoms with Crippen LogP contribution < -0.4 is 4.74 Å². The fourth-order valence-corrected chi connectivity index (χ4v) is 4.92. The van der Waals surface area contributed by atoms with Gasteiger partial charge in [0.1, 0.15) is 24.1 Å². The van der Waals surface area contributed by atoms with Crippen molar-refractivity contribution in [3.63, 3.8) is 0 Å². The molecule has 9 nitrogen and oxygen atoms in total. The first-order valence-corrected chi connectivity index (χ1v) is 13.1. The summed E-state index contributed by atoms with van der Waals surface area (Å²) in [5, 5.41) is 9.47. The number of carboxylic acid groups (broad SMARTS) is 1. The molecule has 40 heavy (non-hydrogen) atoms. The van der Waals surface area contributed by atoms with E-state index in [1.165, 1.54) is 12.1 Å². The van der Waals surface area contributed by atoms with Gasteiger partial charge in [-0.25, -0.2) is 23.5 Å². The van der Waals surface area contributed by atoms with Gasteiger partial charge in [0.05, 0.1) is 41.5 Å². The second kappa shape index (κ2) is 11.1. The fraction of sp³-hybridized carbons (Fsp3) is 0.310. The summed E-state index contributed by atoms with van der Waals surface area (Å²) in [4.78, 5) is 27.3. The normalized spacial score (nSPS) is 17.4. The van der Waals surface area contributed by atoms with Crippen molar-refractivity contribution in [1.29, 1.82) is 0 Å². The van der Waals surface area contributed by atoms with E-state index in [1.54, 1.807) is 24.4 Å². The highest BCUT2D eigenvalue weighted by molar-refractivity contribution is 5.92. The third-order valence-electron chi connectivity index (χ3n) is 7.25. The maximum Gasteiger partial charge on any atom is 0.335 e. The van der Waals surface area contributed by atoms with Gasteiger partial charge in [-0.2, -0.15) is 4.98 Å². The van der Waals surface area contributed by atoms with Gasteiger partial charge >= 0.3 is 12.0 Å². The molecule has 4 aromatic rings. The lowest BCUT2D eigenvalue weighted by molar-refractivity contribution is -0.0591. The minimum atomic E-state index is -0.967. The molecule has 4 heterocycles. The predicted molar refractivity (Wildman–Crippen MR) is 142 cm³/mol. The lowest BCUT2D eigenvalue weighted by Crippen LogP contribution is -2.33. The SMILES string of the molecule is O=C(O)c1ccc2nc(CN3CC=C(c4ccnc(OCc5ccc(F)cc5F)n4)CC3)n(C[C@@H]3CCO3)c2c1. The molecular weight excluding hydrogens is 520 g/mol. The van der Waals surface area contributed by atoms with Crippen molar-refractivity contribution in [1.82, 2.24) is 24.4 Å². The van der Waals surface area contributed by atoms with E-state index < -0.39 is 17.6 Å². The van der Waals surface area contributed by atoms with Crippen LogP contribution in [0.5, 0.6) is 6.01 Å². The molecule has 1 fully saturated rings. The molecule has 1 saturated heterocycles. The Balaban J connectivity index is 1.15. The minimum absolute atomic E-state index is 0.103. The highest BCUT2D eigenvalue weighted by Gasteiger charge is 2.24. The van der Waals surface area contributed by atoms with Gasteiger partial charge in [-0.15, -0.1) is 0 Å². The Morgan fingerprint density at radius 3 is 2.75 bits per heavy atom. The molecule has 2 aliphatic rings. The van der Waals surface area contributed by atoms with Gasteiger partial charge in [-0.3, -0.25) is 4.90 Å². The smallest absolute Gasteiger partial charge is 0.335 e. The van der Waals surface area contributed by atoms with Gasteiger partial charge in [0.2, 0.25) is 0 Å². The van der Waals surface area contributed by atoms with Crippen molar-refractivity contribution in [2.75, 3.05) is 19.7 Å². The second-order valence-corrected chi connectivity index (χ2v) is 9.89. The number of hydrogen-bond donors (Lipinski definition) is 1. The van der Waals surface area contributed by atoms with Crippen molar-refractivity contribution >= 4 is 22.6 Å². The summed E-state index contributed by atoms with van der Waals surface area (Å²) in [6.07, 6.45) is 5.53. The van der Waals surface area contributed by atoms with Crippen LogP contribution in [0.25, 0.3) is 16.6 Å². The molecule has 0 spiro atoms. The van der Waals surface area contributed by atoms with E-state index in [0.29, 0.717) is 19.6 Å². The number of nitrogens with zero attached hydrogens (tertiary/aromatic N) is 5. The Bertz CT molecular complexity index is 1600. The predicted octanol–water partition coefficient (Wildman–Crippen LogP) is 4.46. The van der Waals surface area contributed by atoms with E-state index in [-0.39, 0.29) is 29.8 Å². The molecule has 206 valence electrons. The first-order valence-electron chi connectivity index (χ1n) is 13.1. The summed E-state index contributed by atoms with van der Waals surface area (Å²) in [5.74, 6) is -1.42. The number of aromatic carboxylic acids is 1. The Kier molecular flexibility index (Phi) is 7.23. The van der Waals surface area contributed by atoms with Crippen LogP contribution in [-0.2, 0) is 24.4 Å². The first-order chi connectivity index (χ1) is 19.4. The number of rotatable bonds is 9. The molecule has 1 atom stereocenters. The number of carboxylic acids is 1. The molecular formula is C29H27F2N5O4. The zero-order valence-electron chi connectivity index (χ0n) is 21.6. The van der Waals surface area contributed by atoms with Crippen LogP contribution in [0.2, 0.25) is 0 Å². The number of ether oxygens (including phenoxy) is 2. The van der Waals surface area contributed by atoms with Crippen molar-refractivity contribution in [3.05, 3.63) is 89.0 Å². The highest BCUT2D eigenvalue weighted by atomic mass is 19.1. The van der Waals surface area contributed by atoms with Gasteiger partial charge in [-0.1, -0.05) is 6.08 Å². The molecule has 0 unspecified atom stereocenters. The van der Waals surface area contributed by atoms with Crippen molar-refractivity contribution < 1.29 is 28.2 Å². The Labute approximate surface area is 228 Å². The van der Waals surface area contributed by atoms with Crippen molar-refractivity contribution in [2.24, 2.45) is 0 Å². The van der Waals surface area contributed by atoms with E-state index in [9.17, 15) is 18.7 Å². The maximum absolute atomic E-state index is 13.9. The van der Waals surface area contributed by atoms with Crippen LogP contribution in [0, 0.1) is 11.6 Å². The van der Waals surface area contributed by atoms with E-state index in [1.807, 2.05) is 6.07 Å². The summed E-state index contributed by atoms with van der Waals surface area (Å²) in [6, 6.07) is 10.3. The molecule has 2 aromatic heterocycles. The molecule has 0 saturated carbocycles. The third-order valence-corrected chi connectivity index (χ3v) is 7.25. The quantitative estimate of drug-likeness (QED) is 0.328. The van der Waals surface area contributed by atoms with Gasteiger partial charge in [0, 0.05) is 37.5 Å². The van der Waals surface area contributed by atoms with E-state index in [0.717, 1.165) is 60.2 Å². The fourth-order valence-electron chi connectivity index (χ4n) is 4.92. The number of hydrogen-bond acceptors (Lipinski definition) is 7. The van der Waals surface area contributed by atoms with Crippen LogP contribution in [0.15, 0.2) is 54.7 Å². The van der Waals surface area contributed by atoms with Crippen LogP contribution in [0.4, 0.5) is 8.78 Å². The van der Waals surface area contributed by atoms with Crippen molar-refractivity contribution in [2.45, 2.75) is 38.6 Å². The van der Waals surface area contributed by atoms with E-state index in [2.05, 4.69) is 25.5 Å². The maximum atomic E-state index is 13.9. The average molecular weight is 548 g/mol. The van der Waals surface area contributed by atoms with Gasteiger partial charge < -0.3 is 19.1 Å². The largest absolute Gasteiger partial charge is 0.478 e. The summed E-state index contributed by atoms with van der Waals surface area (Å²) >= 11 is 0. The molecule has 2 aliphatic heterocycles. The summed E-state index contributed by atoms with van der Waals surface area (Å²) < 4.78 is 40.4. The lowest BCUT2D eigenvalue weighted by Gasteiger charge is -2.29. The second-order valence-electron chi connectivity index (χ2n) is 9.89. The number of fused-ring (bicyclic) bond motifs is 1. The zero-order chi connectivity index (χ0) is 27.6.